The van der Waals surface area contributed by atoms with Crippen LogP contribution in [0, 0.1) is 6.92 Å². The maximum atomic E-state index is 13.3. The van der Waals surface area contributed by atoms with E-state index in [1.165, 1.54) is 22.9 Å². The minimum atomic E-state index is -3.85. The maximum Gasteiger partial charge on any atom is 0.243 e. The van der Waals surface area contributed by atoms with Gasteiger partial charge in [0, 0.05) is 17.6 Å². The summed E-state index contributed by atoms with van der Waals surface area (Å²) in [4.78, 5) is 12.8. The fraction of sp³-hybridized carbons (Fsp3) is 0.409. The van der Waals surface area contributed by atoms with E-state index >= 15 is 0 Å². The summed E-state index contributed by atoms with van der Waals surface area (Å²) in [6.45, 7) is 1.86. The fourth-order valence-electron chi connectivity index (χ4n) is 3.64. The first-order valence-electron chi connectivity index (χ1n) is 9.96. The Balaban J connectivity index is 1.83. The Bertz CT molecular complexity index is 939. The van der Waals surface area contributed by atoms with Crippen LogP contribution in [0.2, 0.25) is 5.02 Å². The van der Waals surface area contributed by atoms with Gasteiger partial charge in [-0.2, -0.15) is 4.31 Å². The van der Waals surface area contributed by atoms with E-state index in [1.54, 1.807) is 12.1 Å². The molecule has 0 heterocycles. The fourth-order valence-corrected chi connectivity index (χ4v) is 5.14. The molecule has 156 valence electrons. The first-order valence-corrected chi connectivity index (χ1v) is 11.8. The Morgan fingerprint density at radius 1 is 1.07 bits per heavy atom. The van der Waals surface area contributed by atoms with Crippen LogP contribution in [0.3, 0.4) is 0 Å². The van der Waals surface area contributed by atoms with Crippen molar-refractivity contribution in [3.05, 3.63) is 64.7 Å². The minimum absolute atomic E-state index is 0.126. The average Bonchev–Trinajstić information content (AvgIpc) is 2.70. The van der Waals surface area contributed by atoms with Gasteiger partial charge in [0.25, 0.3) is 0 Å². The molecule has 1 aliphatic rings. The van der Waals surface area contributed by atoms with Crippen molar-refractivity contribution in [2.75, 3.05) is 6.54 Å². The molecular formula is C22H27ClN2O3S. The average molecular weight is 435 g/mol. The Labute approximate surface area is 178 Å². The second-order valence-electron chi connectivity index (χ2n) is 7.56. The second-order valence-corrected chi connectivity index (χ2v) is 9.93. The molecule has 2 aromatic rings. The molecule has 0 radical (unpaired) electrons. The van der Waals surface area contributed by atoms with Crippen molar-refractivity contribution in [1.82, 2.24) is 9.62 Å². The molecule has 3 rings (SSSR count). The molecule has 1 saturated carbocycles. The number of amides is 1. The summed E-state index contributed by atoms with van der Waals surface area (Å²) < 4.78 is 27.8. The predicted octanol–water partition coefficient (Wildman–Crippen LogP) is 4.29. The largest absolute Gasteiger partial charge is 0.352 e. The molecule has 1 aliphatic carbocycles. The molecule has 1 fully saturated rings. The van der Waals surface area contributed by atoms with Gasteiger partial charge in [0.15, 0.2) is 0 Å². The number of rotatable bonds is 7. The molecule has 0 atom stereocenters. The van der Waals surface area contributed by atoms with E-state index in [9.17, 15) is 13.2 Å². The first-order chi connectivity index (χ1) is 13.9. The Hall–Kier alpha value is -1.89. The van der Waals surface area contributed by atoms with Gasteiger partial charge in [-0.15, -0.1) is 0 Å². The van der Waals surface area contributed by atoms with Crippen LogP contribution in [-0.4, -0.2) is 31.2 Å². The van der Waals surface area contributed by atoms with Crippen molar-refractivity contribution in [2.45, 2.75) is 56.5 Å². The lowest BCUT2D eigenvalue weighted by Crippen LogP contribution is -2.44. The van der Waals surface area contributed by atoms with Gasteiger partial charge in [-0.05, 0) is 55.2 Å². The van der Waals surface area contributed by atoms with Crippen molar-refractivity contribution >= 4 is 27.5 Å². The van der Waals surface area contributed by atoms with E-state index in [0.29, 0.717) is 5.02 Å². The maximum absolute atomic E-state index is 13.3. The van der Waals surface area contributed by atoms with Gasteiger partial charge in [0.1, 0.15) is 0 Å². The van der Waals surface area contributed by atoms with Crippen molar-refractivity contribution in [3.63, 3.8) is 0 Å². The van der Waals surface area contributed by atoms with Crippen LogP contribution in [0.25, 0.3) is 0 Å². The third kappa shape index (κ3) is 5.81. The number of aryl methyl sites for hydroxylation is 1. The van der Waals surface area contributed by atoms with Crippen molar-refractivity contribution in [3.8, 4) is 0 Å². The molecule has 1 N–H and O–H groups in total. The van der Waals surface area contributed by atoms with Gasteiger partial charge in [-0.3, -0.25) is 4.79 Å². The summed E-state index contributed by atoms with van der Waals surface area (Å²) in [7, 11) is -3.85. The number of nitrogens with one attached hydrogen (secondary N) is 1. The van der Waals surface area contributed by atoms with Crippen molar-refractivity contribution in [1.29, 1.82) is 0 Å². The Kier molecular flexibility index (Phi) is 7.33. The summed E-state index contributed by atoms with van der Waals surface area (Å²) in [5.74, 6) is -0.261. The second kappa shape index (κ2) is 9.74. The van der Waals surface area contributed by atoms with Crippen LogP contribution in [0.5, 0.6) is 0 Å². The molecule has 29 heavy (non-hydrogen) atoms. The number of hydrogen-bond acceptors (Lipinski definition) is 3. The van der Waals surface area contributed by atoms with Crippen LogP contribution >= 0.6 is 11.6 Å². The molecule has 0 saturated heterocycles. The summed E-state index contributed by atoms with van der Waals surface area (Å²) in [5, 5.41) is 3.48. The molecule has 1 amide bonds. The number of carbonyl (C=O) groups is 1. The van der Waals surface area contributed by atoms with Gasteiger partial charge >= 0.3 is 0 Å². The molecule has 0 bridgehead atoms. The summed E-state index contributed by atoms with van der Waals surface area (Å²) in [6, 6.07) is 13.8. The zero-order valence-electron chi connectivity index (χ0n) is 16.6. The lowest BCUT2D eigenvalue weighted by Gasteiger charge is -2.26. The van der Waals surface area contributed by atoms with E-state index in [-0.39, 0.29) is 29.9 Å². The molecule has 0 aromatic heterocycles. The van der Waals surface area contributed by atoms with Gasteiger partial charge in [0.2, 0.25) is 15.9 Å². The third-order valence-electron chi connectivity index (χ3n) is 5.35. The molecule has 5 nitrogen and oxygen atoms in total. The lowest BCUT2D eigenvalue weighted by molar-refractivity contribution is -0.122. The van der Waals surface area contributed by atoms with E-state index in [4.69, 9.17) is 11.6 Å². The first kappa shape index (κ1) is 21.8. The van der Waals surface area contributed by atoms with E-state index < -0.39 is 10.0 Å². The number of halogens is 1. The van der Waals surface area contributed by atoms with E-state index in [2.05, 4.69) is 5.32 Å². The number of carbonyl (C=O) groups excluding carboxylic acids is 1. The summed E-state index contributed by atoms with van der Waals surface area (Å²) in [6.07, 6.45) is 5.29. The molecule has 0 unspecified atom stereocenters. The van der Waals surface area contributed by atoms with Crippen LogP contribution < -0.4 is 5.32 Å². The predicted molar refractivity (Wildman–Crippen MR) is 115 cm³/mol. The minimum Gasteiger partial charge on any atom is -0.352 e. The van der Waals surface area contributed by atoms with Crippen molar-refractivity contribution in [2.24, 2.45) is 0 Å². The lowest BCUT2D eigenvalue weighted by atomic mass is 9.95. The highest BCUT2D eigenvalue weighted by atomic mass is 35.5. The zero-order chi connectivity index (χ0) is 20.9. The normalized spacial score (nSPS) is 15.4. The van der Waals surface area contributed by atoms with Gasteiger partial charge in [-0.1, -0.05) is 55.1 Å². The number of hydrogen-bond donors (Lipinski definition) is 1. The SMILES string of the molecule is Cc1ccccc1CN(CC(=O)NC1CCCCC1)S(=O)(=O)c1ccc(Cl)cc1. The molecule has 7 heteroatoms. The number of benzene rings is 2. The molecule has 2 aromatic carbocycles. The summed E-state index contributed by atoms with van der Waals surface area (Å²) >= 11 is 5.91. The molecule has 0 spiro atoms. The van der Waals surface area contributed by atoms with E-state index in [1.807, 2.05) is 31.2 Å². The van der Waals surface area contributed by atoms with Gasteiger partial charge < -0.3 is 5.32 Å². The molecular weight excluding hydrogens is 408 g/mol. The smallest absolute Gasteiger partial charge is 0.243 e. The summed E-state index contributed by atoms with van der Waals surface area (Å²) in [5.41, 5.74) is 1.85. The van der Waals surface area contributed by atoms with E-state index in [0.717, 1.165) is 36.8 Å². The monoisotopic (exact) mass is 434 g/mol. The number of nitrogens with zero attached hydrogens (tertiary/aromatic N) is 1. The highest BCUT2D eigenvalue weighted by Gasteiger charge is 2.28. The van der Waals surface area contributed by atoms with Crippen LogP contribution in [0.15, 0.2) is 53.4 Å². The zero-order valence-corrected chi connectivity index (χ0v) is 18.2. The topological polar surface area (TPSA) is 66.5 Å². The molecule has 0 aliphatic heterocycles. The van der Waals surface area contributed by atoms with Gasteiger partial charge in [-0.25, -0.2) is 8.42 Å². The third-order valence-corrected chi connectivity index (χ3v) is 7.41. The van der Waals surface area contributed by atoms with Crippen LogP contribution in [0.4, 0.5) is 0 Å². The van der Waals surface area contributed by atoms with Gasteiger partial charge in [0.05, 0.1) is 11.4 Å². The number of sulfonamides is 1. The highest BCUT2D eigenvalue weighted by Crippen LogP contribution is 2.22. The van der Waals surface area contributed by atoms with Crippen LogP contribution in [0.1, 0.15) is 43.2 Å². The highest BCUT2D eigenvalue weighted by molar-refractivity contribution is 7.89. The quantitative estimate of drug-likeness (QED) is 0.706. The Morgan fingerprint density at radius 2 is 1.72 bits per heavy atom. The Morgan fingerprint density at radius 3 is 2.38 bits per heavy atom. The van der Waals surface area contributed by atoms with Crippen LogP contribution in [-0.2, 0) is 21.4 Å². The van der Waals surface area contributed by atoms with Crippen molar-refractivity contribution < 1.29 is 13.2 Å². The standard InChI is InChI=1S/C22H27ClN2O3S/c1-17-7-5-6-8-18(17)15-25(16-22(26)24-20-9-3-2-4-10-20)29(27,28)21-13-11-19(23)12-14-21/h5-8,11-14,20H,2-4,9-10,15-16H2,1H3,(H,24,26).